The molecular weight excluding hydrogens is 369 g/mol. The number of unbranched alkanes of at least 4 members (excludes halogenated alkanes) is 2. The minimum absolute atomic E-state index is 0.296. The lowest BCUT2D eigenvalue weighted by atomic mass is 10.1. The van der Waals surface area contributed by atoms with Gasteiger partial charge in [-0.1, -0.05) is 19.8 Å². The molecule has 5 atom stereocenters. The number of hydrogen-bond donors (Lipinski definition) is 2. The average Bonchev–Trinajstić information content (AvgIpc) is 3.03. The van der Waals surface area contributed by atoms with Crippen LogP contribution in [0.5, 0.6) is 0 Å². The lowest BCUT2D eigenvalue weighted by molar-refractivity contribution is -0.152. The lowest BCUT2D eigenvalue weighted by Crippen LogP contribution is -2.55. The molecule has 0 aliphatic carbocycles. The van der Waals surface area contributed by atoms with E-state index in [1.807, 2.05) is 6.92 Å². The summed E-state index contributed by atoms with van der Waals surface area (Å²) >= 11 is 0. The third kappa shape index (κ3) is 2.83. The molecule has 3 aliphatic rings. The highest BCUT2D eigenvalue weighted by Crippen LogP contribution is 2.86. The topological polar surface area (TPSA) is 121 Å². The van der Waals surface area contributed by atoms with E-state index in [1.165, 1.54) is 9.80 Å². The first-order chi connectivity index (χ1) is 12.7. The largest absolute Gasteiger partial charge is 0.479 e. The summed E-state index contributed by atoms with van der Waals surface area (Å²) < 4.78 is 13.5. The van der Waals surface area contributed by atoms with Gasteiger partial charge in [0.25, 0.3) is 0 Å². The number of nitrogens with zero attached hydrogens (tertiary/aromatic N) is 2. The predicted molar refractivity (Wildman–Crippen MR) is 101 cm³/mol. The fourth-order valence-electron chi connectivity index (χ4n) is 5.07. The molecule has 0 aromatic heterocycles. The summed E-state index contributed by atoms with van der Waals surface area (Å²) in [4.78, 5) is 40.6. The molecule has 8 nitrogen and oxygen atoms in total. The molecule has 3 saturated heterocycles. The minimum atomic E-state index is -2.98. The maximum absolute atomic E-state index is 13.5. The van der Waals surface area contributed by atoms with Gasteiger partial charge in [0.05, 0.1) is 11.7 Å². The fourth-order valence-corrected chi connectivity index (χ4v) is 9.65. The van der Waals surface area contributed by atoms with Crippen LogP contribution >= 0.6 is 7.14 Å². The first-order valence-electron chi connectivity index (χ1n) is 9.93. The van der Waals surface area contributed by atoms with Gasteiger partial charge < -0.3 is 25.2 Å². The molecule has 2 unspecified atom stereocenters. The van der Waals surface area contributed by atoms with E-state index in [-0.39, 0.29) is 11.8 Å². The van der Waals surface area contributed by atoms with Gasteiger partial charge in [0, 0.05) is 19.3 Å². The van der Waals surface area contributed by atoms with Crippen LogP contribution in [0.15, 0.2) is 0 Å². The van der Waals surface area contributed by atoms with Crippen molar-refractivity contribution in [1.82, 2.24) is 9.80 Å². The zero-order valence-corrected chi connectivity index (χ0v) is 17.0. The number of carbonyl (C=O) groups is 3. The van der Waals surface area contributed by atoms with Crippen LogP contribution in [0.3, 0.4) is 0 Å². The van der Waals surface area contributed by atoms with Crippen LogP contribution in [-0.4, -0.2) is 75.0 Å². The van der Waals surface area contributed by atoms with Crippen molar-refractivity contribution >= 4 is 24.9 Å². The second-order valence-corrected chi connectivity index (χ2v) is 11.4. The number of carbonyl (C=O) groups excluding carboxylic acids is 2. The van der Waals surface area contributed by atoms with Gasteiger partial charge >= 0.3 is 5.97 Å². The first-order valence-corrected chi connectivity index (χ1v) is 11.9. The van der Waals surface area contributed by atoms with Crippen LogP contribution in [0.25, 0.3) is 0 Å². The Kier molecular flexibility index (Phi) is 5.43. The van der Waals surface area contributed by atoms with Crippen LogP contribution in [0.1, 0.15) is 52.4 Å². The Balaban J connectivity index is 1.84. The van der Waals surface area contributed by atoms with E-state index in [0.29, 0.717) is 38.5 Å². The molecule has 3 fully saturated rings. The van der Waals surface area contributed by atoms with E-state index in [1.54, 1.807) is 6.92 Å². The molecule has 27 heavy (non-hydrogen) atoms. The SMILES string of the molecule is CCCCCP1(=O)C2CCN(C(=O)[C@@H]3CCCN3C(=O)[C@H](C)N)[C@]21C(=O)O. The van der Waals surface area contributed by atoms with Crippen molar-refractivity contribution in [3.8, 4) is 0 Å². The Morgan fingerprint density at radius 2 is 1.96 bits per heavy atom. The summed E-state index contributed by atoms with van der Waals surface area (Å²) in [6.45, 7) is 4.36. The third-order valence-electron chi connectivity index (χ3n) is 6.40. The van der Waals surface area contributed by atoms with Gasteiger partial charge in [-0.25, -0.2) is 4.79 Å². The van der Waals surface area contributed by atoms with E-state index >= 15 is 0 Å². The summed E-state index contributed by atoms with van der Waals surface area (Å²) in [6, 6.07) is -1.40. The van der Waals surface area contributed by atoms with Crippen molar-refractivity contribution in [2.75, 3.05) is 19.3 Å². The zero-order valence-electron chi connectivity index (χ0n) is 16.1. The van der Waals surface area contributed by atoms with E-state index in [0.717, 1.165) is 19.3 Å². The summed E-state index contributed by atoms with van der Waals surface area (Å²) in [6.07, 6.45) is 4.61. The number of hydrogen-bond acceptors (Lipinski definition) is 5. The average molecular weight is 399 g/mol. The predicted octanol–water partition coefficient (Wildman–Crippen LogP) is 1.27. The number of carboxylic acid groups (broad SMARTS) is 1. The number of aliphatic carboxylic acids is 1. The molecule has 3 aliphatic heterocycles. The number of likely N-dealkylation sites (tertiary alicyclic amines) is 2. The number of rotatable bonds is 7. The Morgan fingerprint density at radius 1 is 1.26 bits per heavy atom. The molecule has 152 valence electrons. The normalized spacial score (nSPS) is 35.8. The van der Waals surface area contributed by atoms with E-state index in [4.69, 9.17) is 5.73 Å². The van der Waals surface area contributed by atoms with Crippen LogP contribution in [0.4, 0.5) is 0 Å². The van der Waals surface area contributed by atoms with E-state index in [9.17, 15) is 24.1 Å². The van der Waals surface area contributed by atoms with Crippen molar-refractivity contribution in [2.24, 2.45) is 5.73 Å². The molecule has 9 heteroatoms. The fraction of sp³-hybridized carbons (Fsp3) is 0.833. The Labute approximate surface area is 159 Å². The molecule has 2 amide bonds. The van der Waals surface area contributed by atoms with Crippen molar-refractivity contribution in [2.45, 2.75) is 75.4 Å². The summed E-state index contributed by atoms with van der Waals surface area (Å²) in [5.74, 6) is -1.83. The van der Waals surface area contributed by atoms with Crippen molar-refractivity contribution < 1.29 is 24.1 Å². The van der Waals surface area contributed by atoms with Gasteiger partial charge in [0.2, 0.25) is 17.1 Å². The highest BCUT2D eigenvalue weighted by molar-refractivity contribution is 7.75. The Hall–Kier alpha value is -1.40. The van der Waals surface area contributed by atoms with Gasteiger partial charge in [0.15, 0.2) is 0 Å². The quantitative estimate of drug-likeness (QED) is 0.491. The Morgan fingerprint density at radius 3 is 2.56 bits per heavy atom. The first kappa shape index (κ1) is 20.3. The zero-order chi connectivity index (χ0) is 20.0. The number of carboxylic acids is 1. The van der Waals surface area contributed by atoms with Crippen molar-refractivity contribution in [3.05, 3.63) is 0 Å². The van der Waals surface area contributed by atoms with Crippen molar-refractivity contribution in [3.63, 3.8) is 0 Å². The molecule has 0 spiro atoms. The lowest BCUT2D eigenvalue weighted by Gasteiger charge is -2.33. The van der Waals surface area contributed by atoms with Gasteiger partial charge in [-0.3, -0.25) is 9.59 Å². The van der Waals surface area contributed by atoms with Crippen molar-refractivity contribution in [1.29, 1.82) is 0 Å². The molecule has 3 heterocycles. The van der Waals surface area contributed by atoms with Crippen LogP contribution in [0, 0.1) is 0 Å². The summed E-state index contributed by atoms with van der Waals surface area (Å²) in [5.41, 5.74) is 5.27. The van der Waals surface area contributed by atoms with Crippen LogP contribution in [-0.2, 0) is 18.9 Å². The van der Waals surface area contributed by atoms with Gasteiger partial charge in [-0.2, -0.15) is 0 Å². The maximum Gasteiger partial charge on any atom is 0.338 e. The van der Waals surface area contributed by atoms with Crippen LogP contribution in [0.2, 0.25) is 0 Å². The van der Waals surface area contributed by atoms with Gasteiger partial charge in [-0.05, 0) is 32.6 Å². The molecule has 3 N–H and O–H groups in total. The third-order valence-corrected chi connectivity index (χ3v) is 10.6. The van der Waals surface area contributed by atoms with Gasteiger partial charge in [0.1, 0.15) is 13.2 Å². The second-order valence-electron chi connectivity index (χ2n) is 8.03. The molecule has 0 saturated carbocycles. The standard InChI is InChI=1S/C18H30N3O5P/c1-3-4-5-11-27(26)14-8-10-21(18(14,27)17(24)25)16(23)13-7-6-9-20(13)15(22)12(2)19/h12-14H,3-11,19H2,1-2H3,(H,24,25)/t12-,13-,14?,18+,27?/m0/s1. The minimum Gasteiger partial charge on any atom is -0.479 e. The number of fused-ring (bicyclic) bond motifs is 1. The molecule has 0 bridgehead atoms. The monoisotopic (exact) mass is 399 g/mol. The Bertz CT molecular complexity index is 696. The maximum atomic E-state index is 13.5. The summed E-state index contributed by atoms with van der Waals surface area (Å²) in [7, 11) is -2.98. The molecule has 3 rings (SSSR count). The van der Waals surface area contributed by atoms with E-state index < -0.39 is 36.1 Å². The van der Waals surface area contributed by atoms with Crippen LogP contribution < -0.4 is 5.73 Å². The number of amides is 2. The highest BCUT2D eigenvalue weighted by Gasteiger charge is 2.85. The van der Waals surface area contributed by atoms with Gasteiger partial charge in [-0.15, -0.1) is 0 Å². The highest BCUT2D eigenvalue weighted by atomic mass is 31.2. The smallest absolute Gasteiger partial charge is 0.338 e. The molecule has 0 aromatic rings. The van der Waals surface area contributed by atoms with E-state index in [2.05, 4.69) is 0 Å². The second kappa shape index (κ2) is 7.21. The number of nitrogens with two attached hydrogens (primary N) is 1. The molecular formula is C18H30N3O5P. The molecule has 0 aromatic carbocycles. The molecule has 0 radical (unpaired) electrons. The summed E-state index contributed by atoms with van der Waals surface area (Å²) in [5, 5.41) is 8.43.